The van der Waals surface area contributed by atoms with Crippen LogP contribution < -0.4 is 5.32 Å². The van der Waals surface area contributed by atoms with Gasteiger partial charge in [0.1, 0.15) is 11.6 Å². The quantitative estimate of drug-likeness (QED) is 0.830. The van der Waals surface area contributed by atoms with Gasteiger partial charge in [-0.25, -0.2) is 8.78 Å². The van der Waals surface area contributed by atoms with Gasteiger partial charge < -0.3 is 5.32 Å². The number of hydrogen-bond acceptors (Lipinski definition) is 1. The second-order valence-corrected chi connectivity index (χ2v) is 4.87. The highest BCUT2D eigenvalue weighted by Crippen LogP contribution is 2.16. The van der Waals surface area contributed by atoms with Gasteiger partial charge in [-0.2, -0.15) is 0 Å². The Morgan fingerprint density at radius 3 is 2.59 bits per heavy atom. The predicted molar refractivity (Wildman–Crippen MR) is 63.2 cm³/mol. The van der Waals surface area contributed by atoms with Gasteiger partial charge in [0, 0.05) is 18.5 Å². The van der Waals surface area contributed by atoms with Crippen molar-refractivity contribution in [3.05, 3.63) is 35.4 Å². The van der Waals surface area contributed by atoms with Gasteiger partial charge in [-0.15, -0.1) is 11.6 Å². The SMILES string of the molecule is CC(C)(CCl)CNC(=O)c1ccc(F)cc1F. The monoisotopic (exact) mass is 261 g/mol. The highest BCUT2D eigenvalue weighted by molar-refractivity contribution is 6.18. The molecule has 0 aliphatic heterocycles. The van der Waals surface area contributed by atoms with Crippen LogP contribution in [-0.2, 0) is 0 Å². The Balaban J connectivity index is 2.71. The number of rotatable bonds is 4. The number of alkyl halides is 1. The summed E-state index contributed by atoms with van der Waals surface area (Å²) < 4.78 is 25.9. The molecule has 0 spiro atoms. The van der Waals surface area contributed by atoms with Crippen molar-refractivity contribution in [2.75, 3.05) is 12.4 Å². The molecule has 0 heterocycles. The third kappa shape index (κ3) is 3.97. The van der Waals surface area contributed by atoms with Crippen LogP contribution in [0.5, 0.6) is 0 Å². The zero-order valence-electron chi connectivity index (χ0n) is 9.69. The van der Waals surface area contributed by atoms with Gasteiger partial charge in [0.2, 0.25) is 0 Å². The maximum Gasteiger partial charge on any atom is 0.254 e. The van der Waals surface area contributed by atoms with E-state index in [0.29, 0.717) is 18.5 Å². The number of hydrogen-bond donors (Lipinski definition) is 1. The van der Waals surface area contributed by atoms with E-state index in [2.05, 4.69) is 5.32 Å². The molecule has 0 aliphatic rings. The van der Waals surface area contributed by atoms with E-state index < -0.39 is 17.5 Å². The molecule has 0 fully saturated rings. The van der Waals surface area contributed by atoms with Crippen LogP contribution in [-0.4, -0.2) is 18.3 Å². The Hall–Kier alpha value is -1.16. The van der Waals surface area contributed by atoms with Gasteiger partial charge >= 0.3 is 0 Å². The van der Waals surface area contributed by atoms with E-state index in [0.717, 1.165) is 12.1 Å². The highest BCUT2D eigenvalue weighted by Gasteiger charge is 2.19. The Morgan fingerprint density at radius 1 is 1.41 bits per heavy atom. The van der Waals surface area contributed by atoms with Gasteiger partial charge in [-0.3, -0.25) is 4.79 Å². The van der Waals surface area contributed by atoms with Crippen LogP contribution in [0.4, 0.5) is 8.78 Å². The lowest BCUT2D eigenvalue weighted by molar-refractivity contribution is 0.0935. The van der Waals surface area contributed by atoms with Gasteiger partial charge in [-0.1, -0.05) is 13.8 Å². The van der Waals surface area contributed by atoms with Gasteiger partial charge in [0.05, 0.1) is 5.56 Å². The zero-order valence-corrected chi connectivity index (χ0v) is 10.4. The topological polar surface area (TPSA) is 29.1 Å². The van der Waals surface area contributed by atoms with Crippen molar-refractivity contribution in [1.29, 1.82) is 0 Å². The largest absolute Gasteiger partial charge is 0.351 e. The minimum Gasteiger partial charge on any atom is -0.351 e. The summed E-state index contributed by atoms with van der Waals surface area (Å²) in [7, 11) is 0. The fourth-order valence-corrected chi connectivity index (χ4v) is 1.23. The van der Waals surface area contributed by atoms with E-state index in [9.17, 15) is 13.6 Å². The molecular formula is C12H14ClF2NO. The Labute approximate surface area is 104 Å². The van der Waals surface area contributed by atoms with Crippen molar-refractivity contribution in [2.24, 2.45) is 5.41 Å². The Bertz CT molecular complexity index is 421. The minimum atomic E-state index is -0.869. The molecule has 1 N–H and O–H groups in total. The molecule has 0 saturated heterocycles. The maximum absolute atomic E-state index is 13.3. The number of carbonyl (C=O) groups excluding carboxylic acids is 1. The summed E-state index contributed by atoms with van der Waals surface area (Å²) >= 11 is 5.70. The second kappa shape index (κ2) is 5.45. The van der Waals surface area contributed by atoms with E-state index in [4.69, 9.17) is 11.6 Å². The van der Waals surface area contributed by atoms with E-state index in [1.54, 1.807) is 0 Å². The summed E-state index contributed by atoms with van der Waals surface area (Å²) in [6.45, 7) is 4.08. The molecule has 0 radical (unpaired) electrons. The fraction of sp³-hybridized carbons (Fsp3) is 0.417. The minimum absolute atomic E-state index is 0.170. The molecule has 0 atom stereocenters. The molecule has 1 aromatic carbocycles. The number of carbonyl (C=O) groups is 1. The summed E-state index contributed by atoms with van der Waals surface area (Å²) in [6, 6.07) is 2.85. The highest BCUT2D eigenvalue weighted by atomic mass is 35.5. The van der Waals surface area contributed by atoms with Crippen LogP contribution in [0.1, 0.15) is 24.2 Å². The average Bonchev–Trinajstić information content (AvgIpc) is 2.26. The van der Waals surface area contributed by atoms with Crippen molar-refractivity contribution in [3.63, 3.8) is 0 Å². The van der Waals surface area contributed by atoms with E-state index in [-0.39, 0.29) is 11.0 Å². The molecule has 94 valence electrons. The number of nitrogens with one attached hydrogen (secondary N) is 1. The van der Waals surface area contributed by atoms with Crippen LogP contribution in [0.15, 0.2) is 18.2 Å². The number of halogens is 3. The van der Waals surface area contributed by atoms with Gasteiger partial charge in [0.15, 0.2) is 0 Å². The van der Waals surface area contributed by atoms with Gasteiger partial charge in [0.25, 0.3) is 5.91 Å². The molecule has 0 aromatic heterocycles. The summed E-state index contributed by atoms with van der Waals surface area (Å²) in [5.41, 5.74) is -0.440. The predicted octanol–water partition coefficient (Wildman–Crippen LogP) is 2.96. The van der Waals surface area contributed by atoms with E-state index >= 15 is 0 Å². The molecule has 2 nitrogen and oxygen atoms in total. The second-order valence-electron chi connectivity index (χ2n) is 4.60. The summed E-state index contributed by atoms with van der Waals surface area (Å²) in [5, 5.41) is 2.56. The van der Waals surface area contributed by atoms with Crippen molar-refractivity contribution in [1.82, 2.24) is 5.32 Å². The smallest absolute Gasteiger partial charge is 0.254 e. The van der Waals surface area contributed by atoms with Crippen molar-refractivity contribution in [2.45, 2.75) is 13.8 Å². The molecule has 0 saturated carbocycles. The number of benzene rings is 1. The van der Waals surface area contributed by atoms with Crippen LogP contribution >= 0.6 is 11.6 Å². The molecular weight excluding hydrogens is 248 g/mol. The van der Waals surface area contributed by atoms with Gasteiger partial charge in [-0.05, 0) is 17.5 Å². The van der Waals surface area contributed by atoms with Crippen LogP contribution in [0.3, 0.4) is 0 Å². The van der Waals surface area contributed by atoms with Crippen molar-refractivity contribution >= 4 is 17.5 Å². The summed E-state index contributed by atoms with van der Waals surface area (Å²) in [6.07, 6.45) is 0. The lowest BCUT2D eigenvalue weighted by atomic mass is 9.96. The third-order valence-corrected chi connectivity index (χ3v) is 2.99. The van der Waals surface area contributed by atoms with Crippen molar-refractivity contribution < 1.29 is 13.6 Å². The first-order valence-electron chi connectivity index (χ1n) is 5.15. The third-order valence-electron chi connectivity index (χ3n) is 2.27. The number of amides is 1. The Morgan fingerprint density at radius 2 is 2.06 bits per heavy atom. The Kier molecular flexibility index (Phi) is 4.46. The summed E-state index contributed by atoms with van der Waals surface area (Å²) in [4.78, 5) is 11.6. The van der Waals surface area contributed by atoms with Crippen molar-refractivity contribution in [3.8, 4) is 0 Å². The van der Waals surface area contributed by atoms with E-state index in [1.807, 2.05) is 13.8 Å². The lowest BCUT2D eigenvalue weighted by Gasteiger charge is -2.21. The first-order chi connectivity index (χ1) is 7.85. The fourth-order valence-electron chi connectivity index (χ4n) is 1.14. The average molecular weight is 262 g/mol. The molecule has 1 aromatic rings. The normalized spacial score (nSPS) is 11.4. The molecule has 1 rings (SSSR count). The van der Waals surface area contributed by atoms with Crippen LogP contribution in [0.25, 0.3) is 0 Å². The van der Waals surface area contributed by atoms with E-state index in [1.165, 1.54) is 0 Å². The molecule has 0 bridgehead atoms. The first-order valence-corrected chi connectivity index (χ1v) is 5.68. The lowest BCUT2D eigenvalue weighted by Crippen LogP contribution is -2.35. The first kappa shape index (κ1) is 13.9. The standard InChI is InChI=1S/C12H14ClF2NO/c1-12(2,6-13)7-16-11(17)9-4-3-8(14)5-10(9)15/h3-5H,6-7H2,1-2H3,(H,16,17). The summed E-state index contributed by atoms with van der Waals surface area (Å²) in [5.74, 6) is -1.77. The van der Waals surface area contributed by atoms with Crippen LogP contribution in [0, 0.1) is 17.0 Å². The van der Waals surface area contributed by atoms with Crippen LogP contribution in [0.2, 0.25) is 0 Å². The molecule has 17 heavy (non-hydrogen) atoms. The maximum atomic E-state index is 13.3. The molecule has 1 amide bonds. The molecule has 5 heteroatoms. The molecule has 0 aliphatic carbocycles. The zero-order chi connectivity index (χ0) is 13.1. The molecule has 0 unspecified atom stereocenters.